The number of methoxy groups -OCH3 is 2. The third-order valence-corrected chi connectivity index (χ3v) is 3.66. The highest BCUT2D eigenvalue weighted by molar-refractivity contribution is 5.80. The Hall–Kier alpha value is -3.48. The molecule has 2 aromatic carbocycles. The number of alkyl halides is 3. The molecule has 0 bridgehead atoms. The van der Waals surface area contributed by atoms with Crippen LogP contribution >= 0.6 is 0 Å². The summed E-state index contributed by atoms with van der Waals surface area (Å²) in [5.74, 6) is 1.07. The summed E-state index contributed by atoms with van der Waals surface area (Å²) in [5, 5.41) is 0. The average molecular weight is 403 g/mol. The first kappa shape index (κ1) is 21.8. The highest BCUT2D eigenvalue weighted by Crippen LogP contribution is 2.25. The quantitative estimate of drug-likeness (QED) is 0.406. The van der Waals surface area contributed by atoms with Crippen molar-refractivity contribution in [1.82, 2.24) is 0 Å². The average Bonchev–Trinajstić information content (AvgIpc) is 2.69. The Balaban J connectivity index is 1.93. The second kappa shape index (κ2) is 10.2. The first-order valence-electron chi connectivity index (χ1n) is 8.45. The Morgan fingerprint density at radius 3 is 2.14 bits per heavy atom. The maximum atomic E-state index is 12.2. The topological polar surface area (TPSA) is 40.0 Å². The number of hydrogen-bond acceptors (Lipinski definition) is 4. The molecule has 0 fully saturated rings. The van der Waals surface area contributed by atoms with Crippen LogP contribution in [0.3, 0.4) is 0 Å². The zero-order chi connectivity index (χ0) is 21.3. The molecular weight excluding hydrogens is 383 g/mol. The van der Waals surface area contributed by atoms with Crippen LogP contribution in [-0.2, 0) is 0 Å². The van der Waals surface area contributed by atoms with Crippen molar-refractivity contribution >= 4 is 17.9 Å². The van der Waals surface area contributed by atoms with E-state index >= 15 is 0 Å². The van der Waals surface area contributed by atoms with Crippen LogP contribution < -0.4 is 14.2 Å². The van der Waals surface area contributed by atoms with Crippen LogP contribution in [0.15, 0.2) is 72.4 Å². The highest BCUT2D eigenvalue weighted by atomic mass is 19.4. The van der Waals surface area contributed by atoms with Gasteiger partial charge in [0.25, 0.3) is 0 Å². The Morgan fingerprint density at radius 1 is 0.966 bits per heavy atom. The van der Waals surface area contributed by atoms with Crippen molar-refractivity contribution in [1.29, 1.82) is 0 Å². The maximum absolute atomic E-state index is 12.2. The van der Waals surface area contributed by atoms with Gasteiger partial charge in [-0.15, -0.1) is 13.2 Å². The summed E-state index contributed by atoms with van der Waals surface area (Å²) in [6.45, 7) is 3.88. The van der Waals surface area contributed by atoms with Crippen LogP contribution in [0, 0.1) is 0 Å². The summed E-state index contributed by atoms with van der Waals surface area (Å²) in [5.41, 5.74) is 2.16. The van der Waals surface area contributed by atoms with Crippen molar-refractivity contribution < 1.29 is 27.4 Å². The van der Waals surface area contributed by atoms with Gasteiger partial charge in [0, 0.05) is 18.5 Å². The van der Waals surface area contributed by atoms with Crippen LogP contribution in [0.25, 0.3) is 11.6 Å². The van der Waals surface area contributed by atoms with E-state index in [0.29, 0.717) is 22.6 Å². The molecule has 0 spiro atoms. The van der Waals surface area contributed by atoms with Crippen molar-refractivity contribution in [2.75, 3.05) is 14.2 Å². The molecule has 0 saturated carbocycles. The lowest BCUT2D eigenvalue weighted by molar-refractivity contribution is -0.274. The van der Waals surface area contributed by atoms with Crippen LogP contribution in [-0.4, -0.2) is 26.8 Å². The molecule has 7 heteroatoms. The molecule has 0 aromatic heterocycles. The predicted molar refractivity (Wildman–Crippen MR) is 108 cm³/mol. The van der Waals surface area contributed by atoms with E-state index in [1.54, 1.807) is 50.9 Å². The minimum Gasteiger partial charge on any atom is -0.497 e. The summed E-state index contributed by atoms with van der Waals surface area (Å²) in [4.78, 5) is 4.14. The lowest BCUT2D eigenvalue weighted by Gasteiger charge is -2.09. The van der Waals surface area contributed by atoms with Gasteiger partial charge in [-0.3, -0.25) is 4.99 Å². The summed E-state index contributed by atoms with van der Waals surface area (Å²) in [6.07, 6.45) is 3.65. The van der Waals surface area contributed by atoms with Crippen molar-refractivity contribution in [3.63, 3.8) is 0 Å². The van der Waals surface area contributed by atoms with E-state index in [1.165, 1.54) is 24.3 Å². The van der Waals surface area contributed by atoms with E-state index in [9.17, 15) is 13.2 Å². The second-order valence-corrected chi connectivity index (χ2v) is 5.72. The summed E-state index contributed by atoms with van der Waals surface area (Å²) in [7, 11) is 3.16. The van der Waals surface area contributed by atoms with Crippen molar-refractivity contribution in [3.05, 3.63) is 78.5 Å². The fourth-order valence-electron chi connectivity index (χ4n) is 2.28. The maximum Gasteiger partial charge on any atom is 0.573 e. The third-order valence-electron chi connectivity index (χ3n) is 3.66. The number of halogens is 3. The molecule has 0 aliphatic rings. The van der Waals surface area contributed by atoms with Gasteiger partial charge in [0.1, 0.15) is 17.2 Å². The molecule has 0 heterocycles. The lowest BCUT2D eigenvalue weighted by Crippen LogP contribution is -2.16. The van der Waals surface area contributed by atoms with Crippen LogP contribution in [0.1, 0.15) is 11.1 Å². The van der Waals surface area contributed by atoms with E-state index < -0.39 is 6.36 Å². The number of ether oxygens (including phenoxy) is 3. The minimum atomic E-state index is -4.71. The fraction of sp³-hybridized carbons (Fsp3) is 0.136. The normalized spacial score (nSPS) is 12.0. The van der Waals surface area contributed by atoms with E-state index in [0.717, 1.165) is 5.56 Å². The molecule has 0 atom stereocenters. The molecular formula is C22H20F3NO3. The SMILES string of the molecule is C=C(\C=C/C=N/C=C/c1cc(OC)cc(OC)c1)c1ccc(OC(F)(F)F)cc1. The van der Waals surface area contributed by atoms with Crippen molar-refractivity contribution in [2.45, 2.75) is 6.36 Å². The molecule has 2 aromatic rings. The van der Waals surface area contributed by atoms with Gasteiger partial charge >= 0.3 is 6.36 Å². The van der Waals surface area contributed by atoms with Crippen LogP contribution in [0.5, 0.6) is 17.2 Å². The van der Waals surface area contributed by atoms with Crippen molar-refractivity contribution in [3.8, 4) is 17.2 Å². The number of benzene rings is 2. The zero-order valence-electron chi connectivity index (χ0n) is 15.9. The summed E-state index contributed by atoms with van der Waals surface area (Å²) < 4.78 is 50.8. The molecule has 29 heavy (non-hydrogen) atoms. The Bertz CT molecular complexity index is 892. The van der Waals surface area contributed by atoms with Gasteiger partial charge < -0.3 is 14.2 Å². The number of aliphatic imine (C=N–C) groups is 1. The number of allylic oxidation sites excluding steroid dienone is 3. The number of rotatable bonds is 8. The molecule has 2 rings (SSSR count). The van der Waals surface area contributed by atoms with E-state index in [-0.39, 0.29) is 5.75 Å². The molecule has 0 unspecified atom stereocenters. The van der Waals surface area contributed by atoms with Crippen LogP contribution in [0.4, 0.5) is 13.2 Å². The van der Waals surface area contributed by atoms with Gasteiger partial charge in [-0.1, -0.05) is 24.8 Å². The molecule has 0 amide bonds. The fourth-order valence-corrected chi connectivity index (χ4v) is 2.28. The molecule has 4 nitrogen and oxygen atoms in total. The molecule has 0 radical (unpaired) electrons. The van der Waals surface area contributed by atoms with Crippen LogP contribution in [0.2, 0.25) is 0 Å². The monoisotopic (exact) mass is 403 g/mol. The molecule has 0 aliphatic carbocycles. The van der Waals surface area contributed by atoms with Gasteiger partial charge in [0.15, 0.2) is 0 Å². The molecule has 0 N–H and O–H groups in total. The highest BCUT2D eigenvalue weighted by Gasteiger charge is 2.30. The number of nitrogens with zero attached hydrogens (tertiary/aromatic N) is 1. The summed E-state index contributed by atoms with van der Waals surface area (Å²) >= 11 is 0. The van der Waals surface area contributed by atoms with Gasteiger partial charge in [0.2, 0.25) is 0 Å². The van der Waals surface area contributed by atoms with E-state index in [1.807, 2.05) is 12.1 Å². The molecule has 0 saturated heterocycles. The standard InChI is InChI=1S/C22H20F3NO3/c1-16(18-6-8-19(9-7-18)29-22(23,24)25)5-4-11-26-12-10-17-13-20(27-2)15-21(14-17)28-3/h4-15H,1H2,2-3H3/b5-4-,12-10+,26-11+. The van der Waals surface area contributed by atoms with Gasteiger partial charge in [0.05, 0.1) is 14.2 Å². The third kappa shape index (κ3) is 7.57. The van der Waals surface area contributed by atoms with E-state index in [2.05, 4.69) is 16.3 Å². The first-order valence-corrected chi connectivity index (χ1v) is 8.45. The van der Waals surface area contributed by atoms with Crippen molar-refractivity contribution in [2.24, 2.45) is 4.99 Å². The first-order chi connectivity index (χ1) is 13.8. The summed E-state index contributed by atoms with van der Waals surface area (Å²) in [6, 6.07) is 10.9. The Labute approximate surface area is 167 Å². The smallest absolute Gasteiger partial charge is 0.497 e. The largest absolute Gasteiger partial charge is 0.573 e. The zero-order valence-corrected chi connectivity index (χ0v) is 15.9. The van der Waals surface area contributed by atoms with Gasteiger partial charge in [-0.2, -0.15) is 0 Å². The second-order valence-electron chi connectivity index (χ2n) is 5.72. The number of hydrogen-bond donors (Lipinski definition) is 0. The van der Waals surface area contributed by atoms with Gasteiger partial charge in [-0.25, -0.2) is 0 Å². The molecule has 0 aliphatic heterocycles. The van der Waals surface area contributed by atoms with E-state index in [4.69, 9.17) is 9.47 Å². The predicted octanol–water partition coefficient (Wildman–Crippen LogP) is 5.91. The minimum absolute atomic E-state index is 0.279. The Kier molecular flexibility index (Phi) is 7.65. The Morgan fingerprint density at radius 2 is 1.59 bits per heavy atom. The lowest BCUT2D eigenvalue weighted by atomic mass is 10.1. The molecule has 152 valence electrons. The van der Waals surface area contributed by atoms with Gasteiger partial charge in [-0.05, 0) is 53.1 Å².